The highest BCUT2D eigenvalue weighted by molar-refractivity contribution is 5.25. The van der Waals surface area contributed by atoms with E-state index in [0.29, 0.717) is 10.8 Å². The van der Waals surface area contributed by atoms with Crippen molar-refractivity contribution in [2.45, 2.75) is 106 Å². The van der Waals surface area contributed by atoms with Crippen LogP contribution >= 0.6 is 0 Å². The number of hydrogen-bond acceptors (Lipinski definition) is 0. The fourth-order valence-corrected chi connectivity index (χ4v) is 9.34. The number of hydrogen-bond donors (Lipinski definition) is 0. The van der Waals surface area contributed by atoms with E-state index in [2.05, 4.69) is 67.5 Å². The molecule has 4 rings (SSSR count). The van der Waals surface area contributed by atoms with E-state index in [1.807, 2.05) is 13.0 Å². The molecule has 0 aromatic carbocycles. The van der Waals surface area contributed by atoms with E-state index in [4.69, 9.17) is 0 Å². The molecule has 0 aromatic heterocycles. The van der Waals surface area contributed by atoms with Crippen molar-refractivity contribution in [3.05, 3.63) is 61.3 Å². The molecule has 0 N–H and O–H groups in total. The van der Waals surface area contributed by atoms with Crippen molar-refractivity contribution in [2.24, 2.45) is 52.3 Å². The molecule has 4 bridgehead atoms. The smallest absolute Gasteiger partial charge is 0.0147 e. The lowest BCUT2D eigenvalue weighted by Crippen LogP contribution is -2.31. The molecular formula is C35H56. The molecular weight excluding hydrogens is 420 g/mol. The summed E-state index contributed by atoms with van der Waals surface area (Å²) in [5, 5.41) is 0. The molecule has 8 unspecified atom stereocenters. The largest absolute Gasteiger partial charge is 0.103 e. The monoisotopic (exact) mass is 476 g/mol. The van der Waals surface area contributed by atoms with Crippen LogP contribution in [0.25, 0.3) is 0 Å². The fourth-order valence-electron chi connectivity index (χ4n) is 9.34. The van der Waals surface area contributed by atoms with Gasteiger partial charge in [-0.15, -0.1) is 6.58 Å². The molecule has 196 valence electrons. The van der Waals surface area contributed by atoms with E-state index in [1.54, 1.807) is 5.57 Å². The highest BCUT2D eigenvalue weighted by Crippen LogP contribution is 2.71. The van der Waals surface area contributed by atoms with Crippen LogP contribution in [0.15, 0.2) is 61.3 Å². The lowest BCUT2D eigenvalue weighted by atomic mass is 9.65. The van der Waals surface area contributed by atoms with Crippen molar-refractivity contribution in [1.29, 1.82) is 0 Å². The fraction of sp³-hybridized carbons (Fsp3) is 0.714. The molecule has 0 heteroatoms. The Morgan fingerprint density at radius 3 is 2.09 bits per heavy atom. The van der Waals surface area contributed by atoms with Gasteiger partial charge in [-0.3, -0.25) is 0 Å². The second kappa shape index (κ2) is 11.0. The maximum absolute atomic E-state index is 4.69. The van der Waals surface area contributed by atoms with E-state index < -0.39 is 0 Å². The first-order chi connectivity index (χ1) is 16.3. The third kappa shape index (κ3) is 6.34. The maximum Gasteiger partial charge on any atom is -0.0147 e. The summed E-state index contributed by atoms with van der Waals surface area (Å²) in [7, 11) is 0. The standard InChI is InChI=1S/C29H46.C6H10/c1-9-10-28(6,7)14-20(5)24-12-21-13-25(24)27-23-11-22(26(21)27)16-29(8,17-23)15-19(4)18(2)3;1-4-5-6(2)3/h21-27H,2,4-5,9-17H2,1,3,6-8H3;4H,1-2,5H2,3H3. The van der Waals surface area contributed by atoms with Crippen molar-refractivity contribution < 1.29 is 0 Å². The minimum Gasteiger partial charge on any atom is -0.103 e. The van der Waals surface area contributed by atoms with E-state index in [0.717, 1.165) is 47.8 Å². The third-order valence-corrected chi connectivity index (χ3v) is 10.2. The maximum atomic E-state index is 4.69. The van der Waals surface area contributed by atoms with Crippen molar-refractivity contribution in [1.82, 2.24) is 0 Å². The summed E-state index contributed by atoms with van der Waals surface area (Å²) in [6.07, 6.45) is 15.2. The van der Waals surface area contributed by atoms with Gasteiger partial charge in [0.1, 0.15) is 0 Å². The van der Waals surface area contributed by atoms with Crippen LogP contribution in [-0.2, 0) is 0 Å². The molecule has 0 aliphatic heterocycles. The molecule has 4 fully saturated rings. The Bertz CT molecular complexity index is 836. The van der Waals surface area contributed by atoms with Crippen LogP contribution < -0.4 is 0 Å². The van der Waals surface area contributed by atoms with Gasteiger partial charge in [-0.2, -0.15) is 0 Å². The molecule has 4 aliphatic rings. The van der Waals surface area contributed by atoms with Crippen LogP contribution in [0.5, 0.6) is 0 Å². The van der Waals surface area contributed by atoms with E-state index in [-0.39, 0.29) is 0 Å². The van der Waals surface area contributed by atoms with Gasteiger partial charge >= 0.3 is 0 Å². The quantitative estimate of drug-likeness (QED) is 0.167. The average molecular weight is 477 g/mol. The van der Waals surface area contributed by atoms with Crippen molar-refractivity contribution in [3.8, 4) is 0 Å². The Labute approximate surface area is 219 Å². The van der Waals surface area contributed by atoms with Crippen LogP contribution in [0.1, 0.15) is 106 Å². The van der Waals surface area contributed by atoms with Gasteiger partial charge in [0.15, 0.2) is 0 Å². The molecule has 0 amide bonds. The van der Waals surface area contributed by atoms with E-state index in [9.17, 15) is 0 Å². The summed E-state index contributed by atoms with van der Waals surface area (Å²) in [6, 6.07) is 0. The Morgan fingerprint density at radius 2 is 1.57 bits per heavy atom. The van der Waals surface area contributed by atoms with Crippen LogP contribution in [0, 0.1) is 52.3 Å². The lowest BCUT2D eigenvalue weighted by Gasteiger charge is -2.40. The Balaban J connectivity index is 0.000000509. The summed E-state index contributed by atoms with van der Waals surface area (Å²) in [6.45, 7) is 34.3. The molecule has 0 radical (unpaired) electrons. The molecule has 4 aliphatic carbocycles. The first kappa shape index (κ1) is 28.3. The Kier molecular flexibility index (Phi) is 8.87. The Morgan fingerprint density at radius 1 is 0.943 bits per heavy atom. The van der Waals surface area contributed by atoms with Gasteiger partial charge in [0.05, 0.1) is 0 Å². The second-order valence-corrected chi connectivity index (χ2v) is 14.4. The molecule has 0 heterocycles. The van der Waals surface area contributed by atoms with Crippen molar-refractivity contribution >= 4 is 0 Å². The first-order valence-electron chi connectivity index (χ1n) is 14.6. The summed E-state index contributed by atoms with van der Waals surface area (Å²) in [5.41, 5.74) is 6.16. The normalized spacial score (nSPS) is 36.7. The molecule has 8 atom stereocenters. The van der Waals surface area contributed by atoms with Gasteiger partial charge in [-0.05, 0) is 124 Å². The van der Waals surface area contributed by atoms with E-state index >= 15 is 0 Å². The van der Waals surface area contributed by atoms with E-state index in [1.165, 1.54) is 74.5 Å². The second-order valence-electron chi connectivity index (χ2n) is 14.4. The predicted octanol–water partition coefficient (Wildman–Crippen LogP) is 10.7. The summed E-state index contributed by atoms with van der Waals surface area (Å²) >= 11 is 0. The van der Waals surface area contributed by atoms with Crippen LogP contribution in [0.3, 0.4) is 0 Å². The van der Waals surface area contributed by atoms with Gasteiger partial charge < -0.3 is 0 Å². The molecule has 0 aromatic rings. The van der Waals surface area contributed by atoms with Crippen LogP contribution in [0.2, 0.25) is 0 Å². The number of fused-ring (bicyclic) bond motifs is 9. The molecule has 0 saturated heterocycles. The molecule has 0 nitrogen and oxygen atoms in total. The number of allylic oxidation sites excluding steroid dienone is 5. The zero-order chi connectivity index (χ0) is 26.1. The zero-order valence-corrected chi connectivity index (χ0v) is 24.2. The summed E-state index contributed by atoms with van der Waals surface area (Å²) in [4.78, 5) is 0. The van der Waals surface area contributed by atoms with Gasteiger partial charge in [0.2, 0.25) is 0 Å². The predicted molar refractivity (Wildman–Crippen MR) is 156 cm³/mol. The van der Waals surface area contributed by atoms with Gasteiger partial charge in [0, 0.05) is 0 Å². The number of rotatable bonds is 10. The molecule has 0 spiro atoms. The SMILES string of the molecule is C=C(C)C(=C)CC1(C)CC2CC(C1)C1C3CC(CC3C(=C)CC(C)(C)CCC)C21.C=CCC(=C)C. The first-order valence-corrected chi connectivity index (χ1v) is 14.6. The van der Waals surface area contributed by atoms with Gasteiger partial charge in [0.25, 0.3) is 0 Å². The van der Waals surface area contributed by atoms with Crippen LogP contribution in [-0.4, -0.2) is 0 Å². The topological polar surface area (TPSA) is 0 Å². The Hall–Kier alpha value is -1.30. The van der Waals surface area contributed by atoms with Crippen molar-refractivity contribution in [3.63, 3.8) is 0 Å². The minimum atomic E-state index is 0.431. The van der Waals surface area contributed by atoms with Crippen molar-refractivity contribution in [2.75, 3.05) is 0 Å². The minimum absolute atomic E-state index is 0.431. The molecule has 35 heavy (non-hydrogen) atoms. The third-order valence-electron chi connectivity index (χ3n) is 10.2. The average Bonchev–Trinajstić information content (AvgIpc) is 3.38. The highest BCUT2D eigenvalue weighted by Gasteiger charge is 2.63. The summed E-state index contributed by atoms with van der Waals surface area (Å²) < 4.78 is 0. The van der Waals surface area contributed by atoms with Gasteiger partial charge in [-0.25, -0.2) is 0 Å². The van der Waals surface area contributed by atoms with Crippen LogP contribution in [0.4, 0.5) is 0 Å². The highest BCUT2D eigenvalue weighted by atomic mass is 14.7. The van der Waals surface area contributed by atoms with Gasteiger partial charge in [-0.1, -0.05) is 88.8 Å². The summed E-state index contributed by atoms with van der Waals surface area (Å²) in [5.74, 6) is 6.79. The zero-order valence-electron chi connectivity index (χ0n) is 24.2. The molecule has 4 saturated carbocycles. The lowest BCUT2D eigenvalue weighted by molar-refractivity contribution is 0.125.